The summed E-state index contributed by atoms with van der Waals surface area (Å²) in [6.07, 6.45) is 1.59. The topological polar surface area (TPSA) is 33.5 Å². The Morgan fingerprint density at radius 2 is 2.06 bits per heavy atom. The van der Waals surface area contributed by atoms with E-state index in [2.05, 4.69) is 0 Å². The standard InChI is InChI=1S/C13H12ClNO2/c1-15(2)13(16)10-8-9(5-6-11(10)14)12-4-3-7-17-12/h3-8H,1-2H3. The average Bonchev–Trinajstić information content (AvgIpc) is 2.82. The molecule has 0 radical (unpaired) electrons. The van der Waals surface area contributed by atoms with Crippen LogP contribution in [0.4, 0.5) is 0 Å². The van der Waals surface area contributed by atoms with E-state index in [9.17, 15) is 4.79 Å². The fourth-order valence-corrected chi connectivity index (χ4v) is 1.72. The maximum absolute atomic E-state index is 11.9. The molecular weight excluding hydrogens is 238 g/mol. The Labute approximate surface area is 105 Å². The van der Waals surface area contributed by atoms with Gasteiger partial charge in [0.2, 0.25) is 0 Å². The van der Waals surface area contributed by atoms with Crippen LogP contribution >= 0.6 is 11.6 Å². The number of hydrogen-bond donors (Lipinski definition) is 0. The lowest BCUT2D eigenvalue weighted by atomic mass is 10.1. The number of carbonyl (C=O) groups is 1. The molecule has 0 spiro atoms. The quantitative estimate of drug-likeness (QED) is 0.818. The molecular formula is C13H12ClNO2. The minimum atomic E-state index is -0.122. The maximum atomic E-state index is 11.9. The van der Waals surface area contributed by atoms with E-state index in [4.69, 9.17) is 16.0 Å². The molecule has 3 nitrogen and oxygen atoms in total. The number of rotatable bonds is 2. The Morgan fingerprint density at radius 3 is 2.65 bits per heavy atom. The summed E-state index contributed by atoms with van der Waals surface area (Å²) in [7, 11) is 3.39. The number of halogens is 1. The van der Waals surface area contributed by atoms with Crippen molar-refractivity contribution in [3.8, 4) is 11.3 Å². The van der Waals surface area contributed by atoms with Crippen molar-refractivity contribution in [2.45, 2.75) is 0 Å². The Morgan fingerprint density at radius 1 is 1.29 bits per heavy atom. The van der Waals surface area contributed by atoms with Crippen molar-refractivity contribution >= 4 is 17.5 Å². The van der Waals surface area contributed by atoms with Gasteiger partial charge in [-0.15, -0.1) is 0 Å². The van der Waals surface area contributed by atoms with Crippen LogP contribution in [0.25, 0.3) is 11.3 Å². The van der Waals surface area contributed by atoms with E-state index in [0.29, 0.717) is 10.6 Å². The SMILES string of the molecule is CN(C)C(=O)c1cc(-c2ccco2)ccc1Cl. The van der Waals surface area contributed by atoms with E-state index < -0.39 is 0 Å². The molecule has 17 heavy (non-hydrogen) atoms. The molecule has 0 aliphatic rings. The van der Waals surface area contributed by atoms with Crippen LogP contribution in [0.3, 0.4) is 0 Å². The van der Waals surface area contributed by atoms with Crippen LogP contribution in [0.5, 0.6) is 0 Å². The molecule has 0 aliphatic heterocycles. The van der Waals surface area contributed by atoms with Crippen molar-refractivity contribution in [2.75, 3.05) is 14.1 Å². The van der Waals surface area contributed by atoms with Gasteiger partial charge in [0.1, 0.15) is 5.76 Å². The molecule has 1 aromatic heterocycles. The minimum absolute atomic E-state index is 0.122. The van der Waals surface area contributed by atoms with E-state index in [-0.39, 0.29) is 5.91 Å². The van der Waals surface area contributed by atoms with Crippen LogP contribution in [0.15, 0.2) is 41.0 Å². The third kappa shape index (κ3) is 2.34. The van der Waals surface area contributed by atoms with Crippen LogP contribution in [0.2, 0.25) is 5.02 Å². The number of amides is 1. The van der Waals surface area contributed by atoms with Crippen LogP contribution in [-0.2, 0) is 0 Å². The van der Waals surface area contributed by atoms with Crippen LogP contribution in [0.1, 0.15) is 10.4 Å². The first-order valence-corrected chi connectivity index (χ1v) is 5.52. The molecule has 4 heteroatoms. The Bertz CT molecular complexity index is 532. The first-order valence-electron chi connectivity index (χ1n) is 5.14. The molecule has 1 heterocycles. The summed E-state index contributed by atoms with van der Waals surface area (Å²) in [5, 5.41) is 0.444. The molecule has 2 rings (SSSR count). The van der Waals surface area contributed by atoms with Crippen molar-refractivity contribution < 1.29 is 9.21 Å². The summed E-state index contributed by atoms with van der Waals surface area (Å²) in [4.78, 5) is 13.4. The van der Waals surface area contributed by atoms with Gasteiger partial charge in [-0.3, -0.25) is 4.79 Å². The first-order chi connectivity index (χ1) is 8.09. The molecule has 0 fully saturated rings. The molecule has 88 valence electrons. The highest BCUT2D eigenvalue weighted by atomic mass is 35.5. The normalized spacial score (nSPS) is 10.3. The summed E-state index contributed by atoms with van der Waals surface area (Å²) in [6.45, 7) is 0. The van der Waals surface area contributed by atoms with Gasteiger partial charge in [0.25, 0.3) is 5.91 Å². The third-order valence-electron chi connectivity index (χ3n) is 2.41. The highest BCUT2D eigenvalue weighted by molar-refractivity contribution is 6.34. The van der Waals surface area contributed by atoms with Gasteiger partial charge in [-0.25, -0.2) is 0 Å². The second-order valence-corrected chi connectivity index (χ2v) is 4.28. The zero-order valence-corrected chi connectivity index (χ0v) is 10.4. The molecule has 0 atom stereocenters. The summed E-state index contributed by atoms with van der Waals surface area (Å²) in [5.41, 5.74) is 1.31. The van der Waals surface area contributed by atoms with Gasteiger partial charge in [0.05, 0.1) is 16.8 Å². The van der Waals surface area contributed by atoms with Gasteiger partial charge in [-0.05, 0) is 30.3 Å². The van der Waals surface area contributed by atoms with Gasteiger partial charge in [0.15, 0.2) is 0 Å². The second kappa shape index (κ2) is 4.63. The van der Waals surface area contributed by atoms with Crippen LogP contribution in [-0.4, -0.2) is 24.9 Å². The minimum Gasteiger partial charge on any atom is -0.464 e. The van der Waals surface area contributed by atoms with Crippen molar-refractivity contribution in [2.24, 2.45) is 0 Å². The van der Waals surface area contributed by atoms with Gasteiger partial charge < -0.3 is 9.32 Å². The molecule has 1 amide bonds. The van der Waals surface area contributed by atoms with E-state index in [1.54, 1.807) is 38.6 Å². The van der Waals surface area contributed by atoms with E-state index >= 15 is 0 Å². The number of furan rings is 1. The zero-order valence-electron chi connectivity index (χ0n) is 9.61. The molecule has 0 N–H and O–H groups in total. The van der Waals surface area contributed by atoms with E-state index in [0.717, 1.165) is 11.3 Å². The van der Waals surface area contributed by atoms with Gasteiger partial charge >= 0.3 is 0 Å². The van der Waals surface area contributed by atoms with Crippen molar-refractivity contribution in [3.05, 3.63) is 47.2 Å². The van der Waals surface area contributed by atoms with Gasteiger partial charge in [-0.1, -0.05) is 11.6 Å². The number of carbonyl (C=O) groups excluding carboxylic acids is 1. The Hall–Kier alpha value is -1.74. The molecule has 0 saturated carbocycles. The molecule has 0 bridgehead atoms. The number of nitrogens with zero attached hydrogens (tertiary/aromatic N) is 1. The first kappa shape index (κ1) is 11.7. The third-order valence-corrected chi connectivity index (χ3v) is 2.74. The van der Waals surface area contributed by atoms with Crippen molar-refractivity contribution in [3.63, 3.8) is 0 Å². The van der Waals surface area contributed by atoms with Crippen molar-refractivity contribution in [1.29, 1.82) is 0 Å². The smallest absolute Gasteiger partial charge is 0.254 e. The maximum Gasteiger partial charge on any atom is 0.254 e. The predicted octanol–water partition coefficient (Wildman–Crippen LogP) is 3.30. The lowest BCUT2D eigenvalue weighted by Gasteiger charge is -2.12. The molecule has 0 unspecified atom stereocenters. The summed E-state index contributed by atoms with van der Waals surface area (Å²) in [5.74, 6) is 0.595. The van der Waals surface area contributed by atoms with Gasteiger partial charge in [0, 0.05) is 19.7 Å². The van der Waals surface area contributed by atoms with E-state index in [1.807, 2.05) is 12.1 Å². The monoisotopic (exact) mass is 249 g/mol. The molecule has 1 aromatic carbocycles. The summed E-state index contributed by atoms with van der Waals surface area (Å²) in [6, 6.07) is 8.91. The lowest BCUT2D eigenvalue weighted by molar-refractivity contribution is 0.0828. The highest BCUT2D eigenvalue weighted by Gasteiger charge is 2.14. The van der Waals surface area contributed by atoms with Gasteiger partial charge in [-0.2, -0.15) is 0 Å². The molecule has 0 aliphatic carbocycles. The largest absolute Gasteiger partial charge is 0.464 e. The van der Waals surface area contributed by atoms with Crippen molar-refractivity contribution in [1.82, 2.24) is 4.90 Å². The molecule has 0 saturated heterocycles. The fourth-order valence-electron chi connectivity index (χ4n) is 1.53. The predicted molar refractivity (Wildman–Crippen MR) is 67.2 cm³/mol. The van der Waals surface area contributed by atoms with Crippen LogP contribution in [0, 0.1) is 0 Å². The number of benzene rings is 1. The Balaban J connectivity index is 2.47. The van der Waals surface area contributed by atoms with Crippen LogP contribution < -0.4 is 0 Å². The highest BCUT2D eigenvalue weighted by Crippen LogP contribution is 2.26. The second-order valence-electron chi connectivity index (χ2n) is 3.87. The Kier molecular flexibility index (Phi) is 3.20. The summed E-state index contributed by atoms with van der Waals surface area (Å²) >= 11 is 6.02. The number of hydrogen-bond acceptors (Lipinski definition) is 2. The lowest BCUT2D eigenvalue weighted by Crippen LogP contribution is -2.22. The summed E-state index contributed by atoms with van der Waals surface area (Å²) < 4.78 is 5.29. The fraction of sp³-hybridized carbons (Fsp3) is 0.154. The zero-order chi connectivity index (χ0) is 12.4. The average molecular weight is 250 g/mol. The van der Waals surface area contributed by atoms with E-state index in [1.165, 1.54) is 4.90 Å². The molecule has 2 aromatic rings.